The Morgan fingerprint density at radius 3 is 2.53 bits per heavy atom. The van der Waals surface area contributed by atoms with E-state index in [1.54, 1.807) is 61.5 Å². The zero-order valence-electron chi connectivity index (χ0n) is 19.6. The molecule has 2 aromatic carbocycles. The summed E-state index contributed by atoms with van der Waals surface area (Å²) in [5.74, 6) is 0.352. The molecule has 1 aliphatic heterocycles. The molecule has 0 spiro atoms. The van der Waals surface area contributed by atoms with E-state index in [9.17, 15) is 13.2 Å². The van der Waals surface area contributed by atoms with Crippen LogP contribution in [0, 0.1) is 0 Å². The van der Waals surface area contributed by atoms with Gasteiger partial charge in [0.1, 0.15) is 11.9 Å². The number of nitrogens with zero attached hydrogens (tertiary/aromatic N) is 1. The first-order valence-corrected chi connectivity index (χ1v) is 13.1. The van der Waals surface area contributed by atoms with Crippen LogP contribution in [-0.2, 0) is 19.4 Å². The Morgan fingerprint density at radius 1 is 1.18 bits per heavy atom. The molecule has 9 heteroatoms. The number of hydrogen-bond donors (Lipinski definition) is 2. The number of carbonyl (C=O) groups is 1. The van der Waals surface area contributed by atoms with E-state index in [4.69, 9.17) is 14.6 Å². The minimum absolute atomic E-state index is 0.00715. The number of carbonyl (C=O) groups excluding carboxylic acids is 1. The van der Waals surface area contributed by atoms with Crippen molar-refractivity contribution in [1.82, 2.24) is 5.32 Å². The number of amides is 1. The third kappa shape index (κ3) is 5.95. The van der Waals surface area contributed by atoms with Crippen molar-refractivity contribution < 1.29 is 27.8 Å². The average Bonchev–Trinajstić information content (AvgIpc) is 3.19. The predicted molar refractivity (Wildman–Crippen MR) is 130 cm³/mol. The molecule has 2 atom stereocenters. The van der Waals surface area contributed by atoms with Gasteiger partial charge in [0, 0.05) is 25.1 Å². The molecule has 0 fully saturated rings. The van der Waals surface area contributed by atoms with Gasteiger partial charge in [0.15, 0.2) is 15.4 Å². The monoisotopic (exact) mass is 488 g/mol. The molecule has 2 aromatic rings. The van der Waals surface area contributed by atoms with E-state index in [1.165, 1.54) is 0 Å². The zero-order valence-corrected chi connectivity index (χ0v) is 20.4. The Morgan fingerprint density at radius 2 is 1.88 bits per heavy atom. The molecule has 0 radical (unpaired) electrons. The van der Waals surface area contributed by atoms with Gasteiger partial charge >= 0.3 is 0 Å². The molecule has 3 rings (SSSR count). The Hall–Kier alpha value is -2.91. The summed E-state index contributed by atoms with van der Waals surface area (Å²) in [6, 6.07) is 15.3. The third-order valence-electron chi connectivity index (χ3n) is 5.72. The van der Waals surface area contributed by atoms with Crippen molar-refractivity contribution in [3.63, 3.8) is 0 Å². The maximum absolute atomic E-state index is 13.2. The molecule has 0 bridgehead atoms. The number of ether oxygens (including phenoxy) is 2. The highest BCUT2D eigenvalue weighted by molar-refractivity contribution is 7.91. The molecule has 0 saturated carbocycles. The van der Waals surface area contributed by atoms with Crippen LogP contribution in [0.4, 0.5) is 0 Å². The van der Waals surface area contributed by atoms with Gasteiger partial charge in [-0.25, -0.2) is 13.4 Å². The lowest BCUT2D eigenvalue weighted by atomic mass is 9.90. The van der Waals surface area contributed by atoms with Crippen LogP contribution in [0.5, 0.6) is 5.75 Å². The number of benzene rings is 2. The van der Waals surface area contributed by atoms with Crippen LogP contribution >= 0.6 is 0 Å². The second kappa shape index (κ2) is 11.5. The maximum Gasteiger partial charge on any atom is 0.251 e. The Balaban J connectivity index is 1.86. The molecule has 0 aliphatic carbocycles. The van der Waals surface area contributed by atoms with Crippen molar-refractivity contribution in [2.75, 3.05) is 25.5 Å². The van der Waals surface area contributed by atoms with Crippen molar-refractivity contribution in [3.8, 4) is 5.75 Å². The van der Waals surface area contributed by atoms with Crippen LogP contribution in [0.25, 0.3) is 0 Å². The Kier molecular flexibility index (Phi) is 8.68. The molecule has 1 amide bonds. The number of nitrogens with one attached hydrogen (secondary N) is 1. The van der Waals surface area contributed by atoms with Crippen molar-refractivity contribution in [3.05, 3.63) is 60.2 Å². The van der Waals surface area contributed by atoms with Crippen molar-refractivity contribution >= 4 is 21.6 Å². The van der Waals surface area contributed by atoms with Crippen molar-refractivity contribution in [2.24, 2.45) is 4.99 Å². The first kappa shape index (κ1) is 25.7. The summed E-state index contributed by atoms with van der Waals surface area (Å²) < 4.78 is 37.4. The SMILES string of the molecule is CCCNC(=O)[C@]1(CCS(=O)(=O)c2ccccc2)N=C(c2ccc(OCCCO)cc2)O[C@@H]1C. The van der Waals surface area contributed by atoms with Crippen LogP contribution in [0.2, 0.25) is 0 Å². The lowest BCUT2D eigenvalue weighted by Crippen LogP contribution is -2.52. The summed E-state index contributed by atoms with van der Waals surface area (Å²) >= 11 is 0. The van der Waals surface area contributed by atoms with E-state index >= 15 is 0 Å². The summed E-state index contributed by atoms with van der Waals surface area (Å²) in [5.41, 5.74) is -0.694. The fourth-order valence-corrected chi connectivity index (χ4v) is 5.07. The maximum atomic E-state index is 13.2. The molecule has 184 valence electrons. The Bertz CT molecular complexity index is 1090. The smallest absolute Gasteiger partial charge is 0.251 e. The van der Waals surface area contributed by atoms with Crippen molar-refractivity contribution in [2.45, 2.75) is 49.6 Å². The third-order valence-corrected chi connectivity index (χ3v) is 7.45. The van der Waals surface area contributed by atoms with Gasteiger partial charge in [0.2, 0.25) is 5.90 Å². The van der Waals surface area contributed by atoms with Crippen LogP contribution in [-0.4, -0.2) is 62.5 Å². The number of aliphatic hydroxyl groups excluding tert-OH is 1. The molecular weight excluding hydrogens is 456 g/mol. The summed E-state index contributed by atoms with van der Waals surface area (Å²) in [5, 5.41) is 11.8. The fraction of sp³-hybridized carbons (Fsp3) is 0.440. The molecule has 1 heterocycles. The molecule has 2 N–H and O–H groups in total. The highest BCUT2D eigenvalue weighted by atomic mass is 32.2. The highest BCUT2D eigenvalue weighted by Crippen LogP contribution is 2.33. The lowest BCUT2D eigenvalue weighted by molar-refractivity contribution is -0.128. The second-order valence-electron chi connectivity index (χ2n) is 8.19. The average molecular weight is 489 g/mol. The summed E-state index contributed by atoms with van der Waals surface area (Å²) in [6.07, 6.45) is 0.627. The largest absolute Gasteiger partial charge is 0.494 e. The molecule has 0 aromatic heterocycles. The molecule has 0 saturated heterocycles. The molecule has 34 heavy (non-hydrogen) atoms. The van der Waals surface area contributed by atoms with E-state index in [0.717, 1.165) is 6.42 Å². The van der Waals surface area contributed by atoms with Gasteiger partial charge < -0.3 is 19.9 Å². The number of sulfone groups is 1. The van der Waals surface area contributed by atoms with Gasteiger partial charge in [-0.2, -0.15) is 0 Å². The van der Waals surface area contributed by atoms with Crippen LogP contribution in [0.3, 0.4) is 0 Å². The molecule has 0 unspecified atom stereocenters. The van der Waals surface area contributed by atoms with Crippen molar-refractivity contribution in [1.29, 1.82) is 0 Å². The van der Waals surface area contributed by atoms with Gasteiger partial charge in [0.05, 0.1) is 17.3 Å². The topological polar surface area (TPSA) is 114 Å². The van der Waals surface area contributed by atoms with E-state index < -0.39 is 21.5 Å². The quantitative estimate of drug-likeness (QED) is 0.444. The first-order valence-electron chi connectivity index (χ1n) is 11.5. The van der Waals surface area contributed by atoms with Crippen LogP contribution < -0.4 is 10.1 Å². The molecular formula is C25H32N2O6S. The number of aliphatic hydroxyl groups is 1. The van der Waals surface area contributed by atoms with E-state index in [1.807, 2.05) is 6.92 Å². The lowest BCUT2D eigenvalue weighted by Gasteiger charge is -2.28. The normalized spacial score (nSPS) is 19.9. The van der Waals surface area contributed by atoms with Crippen LogP contribution in [0.15, 0.2) is 64.5 Å². The molecule has 8 nitrogen and oxygen atoms in total. The number of hydrogen-bond acceptors (Lipinski definition) is 7. The minimum atomic E-state index is -3.60. The summed E-state index contributed by atoms with van der Waals surface area (Å²) in [6.45, 7) is 4.61. The van der Waals surface area contributed by atoms with Gasteiger partial charge in [0.25, 0.3) is 5.91 Å². The van der Waals surface area contributed by atoms with Crippen LogP contribution in [0.1, 0.15) is 38.7 Å². The summed E-state index contributed by atoms with van der Waals surface area (Å²) in [4.78, 5) is 18.1. The summed E-state index contributed by atoms with van der Waals surface area (Å²) in [7, 11) is -3.60. The van der Waals surface area contributed by atoms with E-state index in [-0.39, 0.29) is 35.5 Å². The Labute approximate surface area is 200 Å². The standard InChI is InChI=1S/C25H32N2O6S/c1-3-15-26-24(29)25(14-18-34(30,31)22-8-5-4-6-9-22)19(2)33-23(27-25)20-10-12-21(13-11-20)32-17-7-16-28/h4-6,8-13,19,28H,3,7,14-18H2,1-2H3,(H,26,29)/t19-,25-/m1/s1. The van der Waals surface area contributed by atoms with E-state index in [0.29, 0.717) is 30.9 Å². The molecule has 1 aliphatic rings. The first-order chi connectivity index (χ1) is 16.3. The highest BCUT2D eigenvalue weighted by Gasteiger charge is 2.50. The number of rotatable bonds is 12. The second-order valence-corrected chi connectivity index (χ2v) is 10.3. The van der Waals surface area contributed by atoms with E-state index in [2.05, 4.69) is 10.3 Å². The van der Waals surface area contributed by atoms with Gasteiger partial charge in [-0.15, -0.1) is 0 Å². The van der Waals surface area contributed by atoms with Gasteiger partial charge in [-0.1, -0.05) is 25.1 Å². The predicted octanol–water partition coefficient (Wildman–Crippen LogP) is 2.74. The van der Waals surface area contributed by atoms with Gasteiger partial charge in [-0.05, 0) is 56.2 Å². The number of aliphatic imine (C=N–C) groups is 1. The zero-order chi connectivity index (χ0) is 24.6. The fourth-order valence-electron chi connectivity index (χ4n) is 3.68. The van der Waals surface area contributed by atoms with Gasteiger partial charge in [-0.3, -0.25) is 4.79 Å². The minimum Gasteiger partial charge on any atom is -0.494 e.